The van der Waals surface area contributed by atoms with Crippen molar-refractivity contribution in [3.63, 3.8) is 0 Å². The standard InChI is InChI=1S/C23H21N3O4/c1-30-14-10-8-13(9-11-14)26-20(27)18-17-7-4-12-25(17)23(19(18)21(26)28)15-5-2-3-6-16(15)24-22(23)29/h2-3,5-6,8-11,17-19H,4,7,12H2,1H3,(H,24,29)/t17-,18+,19-,23-/m1/s1. The molecule has 152 valence electrons. The zero-order valence-electron chi connectivity index (χ0n) is 16.5. The van der Waals surface area contributed by atoms with Gasteiger partial charge in [-0.25, -0.2) is 4.90 Å². The minimum atomic E-state index is -1.11. The van der Waals surface area contributed by atoms with Crippen LogP contribution in [0.2, 0.25) is 0 Å². The molecular formula is C23H21N3O4. The second-order valence-electron chi connectivity index (χ2n) is 8.38. The predicted molar refractivity (Wildman–Crippen MR) is 109 cm³/mol. The van der Waals surface area contributed by atoms with Gasteiger partial charge >= 0.3 is 0 Å². The molecule has 4 heterocycles. The Bertz CT molecular complexity index is 1100. The van der Waals surface area contributed by atoms with Gasteiger partial charge in [0.2, 0.25) is 17.7 Å². The van der Waals surface area contributed by atoms with Crippen molar-refractivity contribution in [3.8, 4) is 5.75 Å². The maximum absolute atomic E-state index is 13.8. The Kier molecular flexibility index (Phi) is 3.48. The molecule has 7 nitrogen and oxygen atoms in total. The van der Waals surface area contributed by atoms with Crippen molar-refractivity contribution in [2.24, 2.45) is 11.8 Å². The first kappa shape index (κ1) is 17.7. The maximum Gasteiger partial charge on any atom is 0.250 e. The number of carbonyl (C=O) groups excluding carboxylic acids is 3. The molecule has 2 aromatic carbocycles. The fraction of sp³-hybridized carbons (Fsp3) is 0.348. The Morgan fingerprint density at radius 2 is 1.80 bits per heavy atom. The van der Waals surface area contributed by atoms with Gasteiger partial charge in [-0.15, -0.1) is 0 Å². The number of nitrogens with one attached hydrogen (secondary N) is 1. The van der Waals surface area contributed by atoms with Crippen LogP contribution in [0, 0.1) is 11.8 Å². The molecule has 7 heteroatoms. The topological polar surface area (TPSA) is 79.0 Å². The zero-order chi connectivity index (χ0) is 20.6. The summed E-state index contributed by atoms with van der Waals surface area (Å²) in [5.41, 5.74) is 0.951. The van der Waals surface area contributed by atoms with Gasteiger partial charge in [0.05, 0.1) is 24.6 Å². The number of ether oxygens (including phenoxy) is 1. The molecule has 4 aliphatic rings. The summed E-state index contributed by atoms with van der Waals surface area (Å²) >= 11 is 0. The second kappa shape index (κ2) is 5.92. The normalized spacial score (nSPS) is 31.8. The molecule has 0 aromatic heterocycles. The van der Waals surface area contributed by atoms with Gasteiger partial charge in [0.25, 0.3) is 0 Å². The Morgan fingerprint density at radius 3 is 2.57 bits per heavy atom. The number of fused-ring (bicyclic) bond motifs is 7. The summed E-state index contributed by atoms with van der Waals surface area (Å²) in [5, 5.41) is 2.98. The van der Waals surface area contributed by atoms with Crippen LogP contribution >= 0.6 is 0 Å². The van der Waals surface area contributed by atoms with Crippen LogP contribution in [0.3, 0.4) is 0 Å². The van der Waals surface area contributed by atoms with Gasteiger partial charge < -0.3 is 10.1 Å². The molecule has 0 aliphatic carbocycles. The highest BCUT2D eigenvalue weighted by molar-refractivity contribution is 6.25. The van der Waals surface area contributed by atoms with Crippen molar-refractivity contribution in [2.75, 3.05) is 23.9 Å². The summed E-state index contributed by atoms with van der Waals surface area (Å²) in [6.07, 6.45) is 1.73. The van der Waals surface area contributed by atoms with Crippen LogP contribution in [-0.2, 0) is 19.9 Å². The monoisotopic (exact) mass is 403 g/mol. The van der Waals surface area contributed by atoms with Crippen LogP contribution in [0.4, 0.5) is 11.4 Å². The van der Waals surface area contributed by atoms with Crippen LogP contribution in [0.1, 0.15) is 18.4 Å². The number of nitrogens with zero attached hydrogens (tertiary/aromatic N) is 2. The molecular weight excluding hydrogens is 382 g/mol. The van der Waals surface area contributed by atoms with E-state index < -0.39 is 17.4 Å². The maximum atomic E-state index is 13.8. The van der Waals surface area contributed by atoms with Crippen molar-refractivity contribution in [1.82, 2.24) is 4.90 Å². The average Bonchev–Trinajstić information content (AvgIpc) is 3.46. The van der Waals surface area contributed by atoms with E-state index in [1.54, 1.807) is 31.4 Å². The van der Waals surface area contributed by atoms with E-state index >= 15 is 0 Å². The molecule has 2 aromatic rings. The number of anilines is 2. The number of rotatable bonds is 2. The van der Waals surface area contributed by atoms with Crippen LogP contribution in [0.15, 0.2) is 48.5 Å². The summed E-state index contributed by atoms with van der Waals surface area (Å²) < 4.78 is 5.20. The van der Waals surface area contributed by atoms with Gasteiger partial charge in [0.1, 0.15) is 11.3 Å². The number of imide groups is 1. The quantitative estimate of drug-likeness (QED) is 0.778. The fourth-order valence-corrected chi connectivity index (χ4v) is 6.14. The zero-order valence-corrected chi connectivity index (χ0v) is 16.5. The molecule has 6 rings (SSSR count). The third-order valence-electron chi connectivity index (χ3n) is 7.23. The lowest BCUT2D eigenvalue weighted by atomic mass is 9.75. The number of methoxy groups -OCH3 is 1. The number of para-hydroxylation sites is 1. The summed E-state index contributed by atoms with van der Waals surface area (Å²) in [7, 11) is 1.57. The molecule has 3 fully saturated rings. The van der Waals surface area contributed by atoms with E-state index in [1.807, 2.05) is 24.3 Å². The van der Waals surface area contributed by atoms with Crippen molar-refractivity contribution in [2.45, 2.75) is 24.4 Å². The highest BCUT2D eigenvalue weighted by Crippen LogP contribution is 2.60. The van der Waals surface area contributed by atoms with Crippen LogP contribution in [0.25, 0.3) is 0 Å². The van der Waals surface area contributed by atoms with E-state index in [1.165, 1.54) is 4.90 Å². The van der Waals surface area contributed by atoms with Crippen LogP contribution < -0.4 is 15.0 Å². The molecule has 0 bridgehead atoms. The number of amides is 3. The fourth-order valence-electron chi connectivity index (χ4n) is 6.14. The molecule has 4 aliphatic heterocycles. The van der Waals surface area contributed by atoms with Gasteiger partial charge in [-0.1, -0.05) is 18.2 Å². The Labute approximate surface area is 173 Å². The number of hydrogen-bond donors (Lipinski definition) is 1. The highest BCUT2D eigenvalue weighted by Gasteiger charge is 2.74. The van der Waals surface area contributed by atoms with E-state index in [0.29, 0.717) is 18.0 Å². The van der Waals surface area contributed by atoms with Crippen LogP contribution in [0.5, 0.6) is 5.75 Å². The van der Waals surface area contributed by atoms with Crippen molar-refractivity contribution < 1.29 is 19.1 Å². The lowest BCUT2D eigenvalue weighted by Gasteiger charge is -2.36. The van der Waals surface area contributed by atoms with Gasteiger partial charge in [0.15, 0.2) is 0 Å². The Hall–Kier alpha value is -3.19. The van der Waals surface area contributed by atoms with E-state index in [9.17, 15) is 14.4 Å². The molecule has 3 saturated heterocycles. The number of benzene rings is 2. The summed E-state index contributed by atoms with van der Waals surface area (Å²) in [4.78, 5) is 44.2. The molecule has 3 amide bonds. The highest BCUT2D eigenvalue weighted by atomic mass is 16.5. The van der Waals surface area contributed by atoms with Crippen molar-refractivity contribution >= 4 is 29.1 Å². The SMILES string of the molecule is COc1ccc(N2C(=O)[C@H]3[C@H]4CCCN4[C@@]4(C(=O)Nc5ccccc54)[C@H]3C2=O)cc1. The Morgan fingerprint density at radius 1 is 1.03 bits per heavy atom. The molecule has 30 heavy (non-hydrogen) atoms. The number of hydrogen-bond acceptors (Lipinski definition) is 5. The van der Waals surface area contributed by atoms with Gasteiger partial charge in [-0.3, -0.25) is 19.3 Å². The summed E-state index contributed by atoms with van der Waals surface area (Å²) in [5.74, 6) is -1.28. The van der Waals surface area contributed by atoms with Gasteiger partial charge in [0, 0.05) is 17.3 Å². The van der Waals surface area contributed by atoms with Gasteiger partial charge in [-0.2, -0.15) is 0 Å². The Balaban J connectivity index is 1.52. The lowest BCUT2D eigenvalue weighted by Crippen LogP contribution is -2.54. The summed E-state index contributed by atoms with van der Waals surface area (Å²) in [6.45, 7) is 0.711. The minimum Gasteiger partial charge on any atom is -0.497 e. The predicted octanol–water partition coefficient (Wildman–Crippen LogP) is 2.13. The lowest BCUT2D eigenvalue weighted by molar-refractivity contribution is -0.135. The molecule has 1 N–H and O–H groups in total. The molecule has 0 unspecified atom stereocenters. The molecule has 0 saturated carbocycles. The molecule has 0 radical (unpaired) electrons. The van der Waals surface area contributed by atoms with E-state index in [0.717, 1.165) is 24.1 Å². The smallest absolute Gasteiger partial charge is 0.250 e. The summed E-state index contributed by atoms with van der Waals surface area (Å²) in [6, 6.07) is 14.3. The third kappa shape index (κ3) is 1.91. The average molecular weight is 403 g/mol. The van der Waals surface area contributed by atoms with Crippen molar-refractivity contribution in [3.05, 3.63) is 54.1 Å². The van der Waals surface area contributed by atoms with Crippen LogP contribution in [-0.4, -0.2) is 42.3 Å². The molecule has 1 spiro atoms. The second-order valence-corrected chi connectivity index (χ2v) is 8.38. The minimum absolute atomic E-state index is 0.105. The first-order valence-corrected chi connectivity index (χ1v) is 10.3. The number of carbonyl (C=O) groups is 3. The van der Waals surface area contributed by atoms with E-state index in [2.05, 4.69) is 10.2 Å². The first-order chi connectivity index (χ1) is 14.6. The van der Waals surface area contributed by atoms with E-state index in [4.69, 9.17) is 4.74 Å². The first-order valence-electron chi connectivity index (χ1n) is 10.3. The van der Waals surface area contributed by atoms with Gasteiger partial charge in [-0.05, 0) is 49.7 Å². The largest absolute Gasteiger partial charge is 0.497 e. The van der Waals surface area contributed by atoms with E-state index in [-0.39, 0.29) is 23.8 Å². The third-order valence-corrected chi connectivity index (χ3v) is 7.23. The molecule has 4 atom stereocenters. The van der Waals surface area contributed by atoms with Crippen molar-refractivity contribution in [1.29, 1.82) is 0 Å².